The van der Waals surface area contributed by atoms with Crippen molar-refractivity contribution in [1.29, 1.82) is 0 Å². The Hall–Kier alpha value is -2.38. The van der Waals surface area contributed by atoms with E-state index in [-0.39, 0.29) is 6.04 Å². The highest BCUT2D eigenvalue weighted by molar-refractivity contribution is 7.80. The molecule has 8 heteroatoms. The minimum absolute atomic E-state index is 0.0499. The maximum absolute atomic E-state index is 6.20. The van der Waals surface area contributed by atoms with Crippen LogP contribution < -0.4 is 10.6 Å². The van der Waals surface area contributed by atoms with E-state index in [1.54, 1.807) is 0 Å². The summed E-state index contributed by atoms with van der Waals surface area (Å²) in [4.78, 5) is 0. The van der Waals surface area contributed by atoms with Crippen LogP contribution in [-0.2, 0) is 13.6 Å². The molecule has 6 nitrogen and oxygen atoms in total. The molecule has 0 aliphatic heterocycles. The van der Waals surface area contributed by atoms with Gasteiger partial charge in [0.25, 0.3) is 0 Å². The molecule has 136 valence electrons. The molecular formula is C18H21ClN6S. The van der Waals surface area contributed by atoms with Gasteiger partial charge < -0.3 is 10.6 Å². The van der Waals surface area contributed by atoms with Gasteiger partial charge in [-0.1, -0.05) is 29.8 Å². The van der Waals surface area contributed by atoms with Gasteiger partial charge in [-0.25, -0.2) is 0 Å². The van der Waals surface area contributed by atoms with E-state index in [4.69, 9.17) is 23.8 Å². The molecule has 0 bridgehead atoms. The van der Waals surface area contributed by atoms with Crippen molar-refractivity contribution in [2.24, 2.45) is 7.05 Å². The summed E-state index contributed by atoms with van der Waals surface area (Å²) in [5.41, 5.74) is 3.24. The van der Waals surface area contributed by atoms with Crippen LogP contribution in [0, 0.1) is 6.92 Å². The topological polar surface area (TPSA) is 59.7 Å². The average molecular weight is 389 g/mol. The van der Waals surface area contributed by atoms with Gasteiger partial charge >= 0.3 is 0 Å². The second-order valence-electron chi connectivity index (χ2n) is 6.12. The molecule has 0 fully saturated rings. The van der Waals surface area contributed by atoms with Gasteiger partial charge in [0.1, 0.15) is 0 Å². The lowest BCUT2D eigenvalue weighted by molar-refractivity contribution is 0.687. The zero-order valence-corrected chi connectivity index (χ0v) is 16.5. The maximum atomic E-state index is 6.20. The molecule has 1 atom stereocenters. The predicted molar refractivity (Wildman–Crippen MR) is 108 cm³/mol. The normalized spacial score (nSPS) is 12.0. The third kappa shape index (κ3) is 4.23. The number of hydrogen-bond acceptors (Lipinski definition) is 3. The van der Waals surface area contributed by atoms with Crippen LogP contribution in [0.5, 0.6) is 0 Å². The third-order valence-corrected chi connectivity index (χ3v) is 4.85. The lowest BCUT2D eigenvalue weighted by Crippen LogP contribution is -2.31. The lowest BCUT2D eigenvalue weighted by atomic mass is 10.1. The smallest absolute Gasteiger partial charge is 0.172 e. The largest absolute Gasteiger partial charge is 0.356 e. The molecule has 0 amide bonds. The van der Waals surface area contributed by atoms with Gasteiger partial charge in [0.2, 0.25) is 0 Å². The highest BCUT2D eigenvalue weighted by Crippen LogP contribution is 2.17. The second kappa shape index (κ2) is 7.88. The van der Waals surface area contributed by atoms with Gasteiger partial charge in [-0.15, -0.1) is 0 Å². The van der Waals surface area contributed by atoms with Crippen molar-refractivity contribution in [2.75, 3.05) is 5.32 Å². The Morgan fingerprint density at radius 3 is 2.77 bits per heavy atom. The predicted octanol–water partition coefficient (Wildman–Crippen LogP) is 3.67. The number of aromatic nitrogens is 4. The van der Waals surface area contributed by atoms with Gasteiger partial charge in [-0.2, -0.15) is 10.2 Å². The fraction of sp³-hybridized carbons (Fsp3) is 0.278. The molecule has 0 saturated carbocycles. The molecule has 3 rings (SSSR count). The zero-order chi connectivity index (χ0) is 18.7. The van der Waals surface area contributed by atoms with E-state index in [1.165, 1.54) is 0 Å². The van der Waals surface area contributed by atoms with Crippen LogP contribution in [0.3, 0.4) is 0 Å². The average Bonchev–Trinajstić information content (AvgIpc) is 3.17. The first kappa shape index (κ1) is 18.4. The number of hydrogen-bond donors (Lipinski definition) is 2. The van der Waals surface area contributed by atoms with Crippen molar-refractivity contribution in [3.05, 3.63) is 64.6 Å². The van der Waals surface area contributed by atoms with Crippen molar-refractivity contribution < 1.29 is 0 Å². The molecule has 0 aliphatic rings. The number of nitrogens with zero attached hydrogens (tertiary/aromatic N) is 4. The number of nitrogens with one attached hydrogen (secondary N) is 2. The van der Waals surface area contributed by atoms with E-state index in [2.05, 4.69) is 20.8 Å². The minimum Gasteiger partial charge on any atom is -0.356 e. The van der Waals surface area contributed by atoms with Crippen LogP contribution in [0.2, 0.25) is 5.02 Å². The second-order valence-corrected chi connectivity index (χ2v) is 6.93. The van der Waals surface area contributed by atoms with Crippen LogP contribution in [0.15, 0.2) is 42.7 Å². The van der Waals surface area contributed by atoms with Crippen molar-refractivity contribution in [1.82, 2.24) is 24.9 Å². The molecule has 0 aliphatic carbocycles. The molecule has 2 heterocycles. The maximum Gasteiger partial charge on any atom is 0.172 e. The molecule has 1 unspecified atom stereocenters. The molecule has 0 spiro atoms. The molecule has 26 heavy (non-hydrogen) atoms. The summed E-state index contributed by atoms with van der Waals surface area (Å²) in [6.45, 7) is 4.69. The van der Waals surface area contributed by atoms with Gasteiger partial charge in [-0.05, 0) is 37.7 Å². The van der Waals surface area contributed by atoms with Crippen LogP contribution >= 0.6 is 23.8 Å². The molecule has 3 aromatic rings. The third-order valence-electron chi connectivity index (χ3n) is 4.26. The van der Waals surface area contributed by atoms with E-state index in [0.29, 0.717) is 17.5 Å². The first-order valence-electron chi connectivity index (χ1n) is 8.27. The van der Waals surface area contributed by atoms with E-state index in [9.17, 15) is 0 Å². The summed E-state index contributed by atoms with van der Waals surface area (Å²) in [5.74, 6) is 0.685. The Bertz CT molecular complexity index is 916. The molecule has 1 aromatic carbocycles. The Morgan fingerprint density at radius 1 is 1.31 bits per heavy atom. The Balaban J connectivity index is 1.59. The summed E-state index contributed by atoms with van der Waals surface area (Å²) < 4.78 is 3.67. The van der Waals surface area contributed by atoms with Crippen molar-refractivity contribution in [3.8, 4) is 0 Å². The lowest BCUT2D eigenvalue weighted by Gasteiger charge is -2.16. The molecule has 2 aromatic heterocycles. The zero-order valence-electron chi connectivity index (χ0n) is 14.9. The minimum atomic E-state index is 0.0499. The van der Waals surface area contributed by atoms with E-state index >= 15 is 0 Å². The van der Waals surface area contributed by atoms with Crippen molar-refractivity contribution in [2.45, 2.75) is 26.4 Å². The van der Waals surface area contributed by atoms with Crippen LogP contribution in [0.4, 0.5) is 5.82 Å². The fourth-order valence-electron chi connectivity index (χ4n) is 2.69. The standard InChI is InChI=1S/C18H21ClN6S/c1-12(15-10-20-24(3)13(15)2)21-18(26)22-17-8-9-25(23-17)11-14-6-4-5-7-16(14)19/h4-10,12H,11H2,1-3H3,(H2,21,22,23,26). The monoisotopic (exact) mass is 388 g/mol. The Morgan fingerprint density at radius 2 is 2.08 bits per heavy atom. The number of halogens is 1. The quantitative estimate of drug-likeness (QED) is 0.653. The summed E-state index contributed by atoms with van der Waals surface area (Å²) in [6, 6.07) is 9.67. The Labute approximate surface area is 163 Å². The fourth-order valence-corrected chi connectivity index (χ4v) is 3.16. The summed E-state index contributed by atoms with van der Waals surface area (Å²) in [5, 5.41) is 16.4. The summed E-state index contributed by atoms with van der Waals surface area (Å²) in [7, 11) is 1.92. The van der Waals surface area contributed by atoms with E-state index in [0.717, 1.165) is 21.8 Å². The molecule has 2 N–H and O–H groups in total. The molecule has 0 radical (unpaired) electrons. The number of anilines is 1. The SMILES string of the molecule is Cc1c(C(C)NC(=S)Nc2ccn(Cc3ccccc3Cl)n2)cnn1C. The van der Waals surface area contributed by atoms with Gasteiger partial charge in [0.15, 0.2) is 10.9 Å². The number of thiocarbonyl (C=S) groups is 1. The van der Waals surface area contributed by atoms with E-state index < -0.39 is 0 Å². The van der Waals surface area contributed by atoms with Crippen LogP contribution in [0.25, 0.3) is 0 Å². The van der Waals surface area contributed by atoms with Crippen LogP contribution in [0.1, 0.15) is 29.8 Å². The first-order chi connectivity index (χ1) is 12.4. The molecule has 0 saturated heterocycles. The summed E-state index contributed by atoms with van der Waals surface area (Å²) >= 11 is 11.6. The Kier molecular flexibility index (Phi) is 5.58. The van der Waals surface area contributed by atoms with Gasteiger partial charge in [0, 0.05) is 35.6 Å². The van der Waals surface area contributed by atoms with Gasteiger partial charge in [0.05, 0.1) is 18.8 Å². The van der Waals surface area contributed by atoms with Crippen molar-refractivity contribution in [3.63, 3.8) is 0 Å². The number of rotatable bonds is 5. The number of aryl methyl sites for hydroxylation is 1. The van der Waals surface area contributed by atoms with Crippen LogP contribution in [-0.4, -0.2) is 24.7 Å². The van der Waals surface area contributed by atoms with E-state index in [1.807, 2.05) is 73.0 Å². The highest BCUT2D eigenvalue weighted by atomic mass is 35.5. The molecular weight excluding hydrogens is 368 g/mol. The first-order valence-corrected chi connectivity index (χ1v) is 9.05. The number of benzene rings is 1. The summed E-state index contributed by atoms with van der Waals surface area (Å²) in [6.07, 6.45) is 3.75. The van der Waals surface area contributed by atoms with Crippen molar-refractivity contribution >= 4 is 34.7 Å². The highest BCUT2D eigenvalue weighted by Gasteiger charge is 2.13. The van der Waals surface area contributed by atoms with Gasteiger partial charge in [-0.3, -0.25) is 9.36 Å².